The Kier molecular flexibility index (Phi) is 7.64. The highest BCUT2D eigenvalue weighted by Crippen LogP contribution is 2.25. The molecule has 1 fully saturated rings. The van der Waals surface area contributed by atoms with Crippen LogP contribution in [0, 0.1) is 5.92 Å². The van der Waals surface area contributed by atoms with E-state index in [1.807, 2.05) is 6.92 Å². The van der Waals surface area contributed by atoms with Crippen LogP contribution in [0.1, 0.15) is 44.0 Å². The molecule has 1 saturated heterocycles. The number of amides is 1. The van der Waals surface area contributed by atoms with Gasteiger partial charge < -0.3 is 14.8 Å². The molecular weight excluding hydrogens is 368 g/mol. The van der Waals surface area contributed by atoms with Crippen LogP contribution in [0.15, 0.2) is 23.1 Å². The summed E-state index contributed by atoms with van der Waals surface area (Å²) in [6.45, 7) is 7.58. The van der Waals surface area contributed by atoms with Crippen molar-refractivity contribution in [2.45, 2.75) is 44.6 Å². The van der Waals surface area contributed by atoms with Crippen molar-refractivity contribution in [2.24, 2.45) is 5.92 Å². The Balaban J connectivity index is 2.22. The first-order valence-corrected chi connectivity index (χ1v) is 10.8. The van der Waals surface area contributed by atoms with Crippen molar-refractivity contribution >= 4 is 15.9 Å². The van der Waals surface area contributed by atoms with Crippen LogP contribution in [0.4, 0.5) is 0 Å². The number of nitrogens with one attached hydrogen (secondary N) is 1. The van der Waals surface area contributed by atoms with Crippen molar-refractivity contribution in [3.05, 3.63) is 23.8 Å². The SMILES string of the molecule is COc1ccc(S(=O)(=O)N2CCOCC2)cc1C(=O)NC(C)CCC(C)C. The lowest BCUT2D eigenvalue weighted by molar-refractivity contribution is 0.0730. The van der Waals surface area contributed by atoms with Gasteiger partial charge in [0.05, 0.1) is 30.8 Å². The van der Waals surface area contributed by atoms with E-state index < -0.39 is 10.0 Å². The molecule has 1 amide bonds. The molecule has 1 aliphatic rings. The fraction of sp³-hybridized carbons (Fsp3) is 0.632. The zero-order valence-corrected chi connectivity index (χ0v) is 17.3. The molecule has 7 nitrogen and oxygen atoms in total. The Labute approximate surface area is 162 Å². The van der Waals surface area contributed by atoms with Crippen molar-refractivity contribution in [2.75, 3.05) is 33.4 Å². The molecule has 1 aliphatic heterocycles. The standard InChI is InChI=1S/C19H30N2O5S/c1-14(2)5-6-15(3)20-19(22)17-13-16(7-8-18(17)25-4)27(23,24)21-9-11-26-12-10-21/h7-8,13-15H,5-6,9-12H2,1-4H3,(H,20,22). The van der Waals surface area contributed by atoms with Crippen molar-refractivity contribution in [1.82, 2.24) is 9.62 Å². The first-order chi connectivity index (χ1) is 12.8. The molecule has 0 aliphatic carbocycles. The lowest BCUT2D eigenvalue weighted by Gasteiger charge is -2.26. The molecule has 8 heteroatoms. The molecule has 2 rings (SSSR count). The van der Waals surface area contributed by atoms with Crippen LogP contribution >= 0.6 is 0 Å². The van der Waals surface area contributed by atoms with Crippen LogP contribution in [0.2, 0.25) is 0 Å². The topological polar surface area (TPSA) is 84.9 Å². The summed E-state index contributed by atoms with van der Waals surface area (Å²) in [4.78, 5) is 12.8. The Morgan fingerprint density at radius 1 is 1.22 bits per heavy atom. The predicted molar refractivity (Wildman–Crippen MR) is 104 cm³/mol. The minimum atomic E-state index is -3.68. The highest BCUT2D eigenvalue weighted by molar-refractivity contribution is 7.89. The maximum atomic E-state index is 12.9. The molecule has 1 aromatic carbocycles. The van der Waals surface area contributed by atoms with Gasteiger partial charge in [0.15, 0.2) is 0 Å². The number of hydrogen-bond donors (Lipinski definition) is 1. The van der Waals surface area contributed by atoms with E-state index in [4.69, 9.17) is 9.47 Å². The average molecular weight is 399 g/mol. The third-order valence-electron chi connectivity index (χ3n) is 4.58. The quantitative estimate of drug-likeness (QED) is 0.726. The van der Waals surface area contributed by atoms with E-state index in [2.05, 4.69) is 19.2 Å². The van der Waals surface area contributed by atoms with Gasteiger partial charge in [-0.3, -0.25) is 4.79 Å². The molecular formula is C19H30N2O5S. The number of morpholine rings is 1. The third kappa shape index (κ3) is 5.67. The van der Waals surface area contributed by atoms with Gasteiger partial charge >= 0.3 is 0 Å². The minimum Gasteiger partial charge on any atom is -0.496 e. The minimum absolute atomic E-state index is 0.0101. The first kappa shape index (κ1) is 21.7. The number of hydrogen-bond acceptors (Lipinski definition) is 5. The second-order valence-corrected chi connectivity index (χ2v) is 9.16. The Morgan fingerprint density at radius 2 is 1.89 bits per heavy atom. The Bertz CT molecular complexity index is 742. The number of carbonyl (C=O) groups is 1. The molecule has 0 bridgehead atoms. The van der Waals surface area contributed by atoms with E-state index in [-0.39, 0.29) is 22.4 Å². The number of ether oxygens (including phenoxy) is 2. The van der Waals surface area contributed by atoms with Gasteiger partial charge in [-0.05, 0) is 43.9 Å². The summed E-state index contributed by atoms with van der Waals surface area (Å²) >= 11 is 0. The van der Waals surface area contributed by atoms with E-state index in [1.165, 1.54) is 29.6 Å². The van der Waals surface area contributed by atoms with Gasteiger partial charge in [-0.2, -0.15) is 4.31 Å². The fourth-order valence-electron chi connectivity index (χ4n) is 2.92. The lowest BCUT2D eigenvalue weighted by Crippen LogP contribution is -2.40. The maximum Gasteiger partial charge on any atom is 0.255 e. The van der Waals surface area contributed by atoms with Crippen molar-refractivity contribution in [3.63, 3.8) is 0 Å². The lowest BCUT2D eigenvalue weighted by atomic mass is 10.0. The Morgan fingerprint density at radius 3 is 2.48 bits per heavy atom. The number of sulfonamides is 1. The van der Waals surface area contributed by atoms with Crippen LogP contribution in [-0.2, 0) is 14.8 Å². The average Bonchev–Trinajstić information content (AvgIpc) is 2.66. The van der Waals surface area contributed by atoms with Crippen LogP contribution in [0.25, 0.3) is 0 Å². The van der Waals surface area contributed by atoms with Gasteiger partial charge in [0.2, 0.25) is 10.0 Å². The summed E-state index contributed by atoms with van der Waals surface area (Å²) in [5.41, 5.74) is 0.225. The zero-order chi connectivity index (χ0) is 20.0. The van der Waals surface area contributed by atoms with Crippen molar-refractivity contribution in [1.29, 1.82) is 0 Å². The van der Waals surface area contributed by atoms with Gasteiger partial charge in [-0.25, -0.2) is 8.42 Å². The normalized spacial score (nSPS) is 16.9. The monoisotopic (exact) mass is 398 g/mol. The van der Waals surface area contributed by atoms with Gasteiger partial charge in [0.25, 0.3) is 5.91 Å². The summed E-state index contributed by atoms with van der Waals surface area (Å²) in [6, 6.07) is 4.39. The largest absolute Gasteiger partial charge is 0.496 e. The molecule has 152 valence electrons. The van der Waals surface area contributed by atoms with E-state index >= 15 is 0 Å². The molecule has 0 aromatic heterocycles. The second-order valence-electron chi connectivity index (χ2n) is 7.22. The van der Waals surface area contributed by atoms with E-state index in [1.54, 1.807) is 0 Å². The van der Waals surface area contributed by atoms with Gasteiger partial charge in [0.1, 0.15) is 5.75 Å². The number of carbonyl (C=O) groups excluding carboxylic acids is 1. The van der Waals surface area contributed by atoms with E-state index in [0.717, 1.165) is 12.8 Å². The molecule has 1 atom stereocenters. The number of methoxy groups -OCH3 is 1. The van der Waals surface area contributed by atoms with E-state index in [0.29, 0.717) is 38.0 Å². The van der Waals surface area contributed by atoms with Gasteiger partial charge in [-0.1, -0.05) is 13.8 Å². The highest BCUT2D eigenvalue weighted by Gasteiger charge is 2.28. The highest BCUT2D eigenvalue weighted by atomic mass is 32.2. The molecule has 1 unspecified atom stereocenters. The molecule has 27 heavy (non-hydrogen) atoms. The predicted octanol–water partition coefficient (Wildman–Crippen LogP) is 2.27. The fourth-order valence-corrected chi connectivity index (χ4v) is 4.35. The summed E-state index contributed by atoms with van der Waals surface area (Å²) in [5.74, 6) is 0.576. The summed E-state index contributed by atoms with van der Waals surface area (Å²) in [5, 5.41) is 2.94. The van der Waals surface area contributed by atoms with Gasteiger partial charge in [-0.15, -0.1) is 0 Å². The second kappa shape index (κ2) is 9.52. The summed E-state index contributed by atoms with van der Waals surface area (Å²) < 4.78 is 37.6. The summed E-state index contributed by atoms with van der Waals surface area (Å²) in [7, 11) is -2.21. The molecule has 1 aromatic rings. The third-order valence-corrected chi connectivity index (χ3v) is 6.47. The van der Waals surface area contributed by atoms with Crippen molar-refractivity contribution in [3.8, 4) is 5.75 Å². The van der Waals surface area contributed by atoms with Crippen LogP contribution in [0.3, 0.4) is 0 Å². The molecule has 0 saturated carbocycles. The number of nitrogens with zero attached hydrogens (tertiary/aromatic N) is 1. The van der Waals surface area contributed by atoms with Crippen LogP contribution < -0.4 is 10.1 Å². The van der Waals surface area contributed by atoms with Crippen LogP contribution in [-0.4, -0.2) is 58.1 Å². The smallest absolute Gasteiger partial charge is 0.255 e. The molecule has 1 heterocycles. The molecule has 1 N–H and O–H groups in total. The van der Waals surface area contributed by atoms with Crippen molar-refractivity contribution < 1.29 is 22.7 Å². The summed E-state index contributed by atoms with van der Waals surface area (Å²) in [6.07, 6.45) is 1.86. The van der Waals surface area contributed by atoms with Gasteiger partial charge in [0, 0.05) is 19.1 Å². The number of benzene rings is 1. The first-order valence-electron chi connectivity index (χ1n) is 9.32. The molecule has 0 radical (unpaired) electrons. The van der Waals surface area contributed by atoms with E-state index in [9.17, 15) is 13.2 Å². The zero-order valence-electron chi connectivity index (χ0n) is 16.5. The Hall–Kier alpha value is -1.64. The number of rotatable bonds is 8. The van der Waals surface area contributed by atoms with Crippen LogP contribution in [0.5, 0.6) is 5.75 Å². The molecule has 0 spiro atoms. The maximum absolute atomic E-state index is 12.9.